The fourth-order valence-corrected chi connectivity index (χ4v) is 2.32. The number of nitrogen functional groups attached to an aromatic ring is 1. The Morgan fingerprint density at radius 1 is 1.18 bits per heavy atom. The minimum atomic E-state index is 0.634. The molecular formula is C16H15ClN4O. The van der Waals surface area contributed by atoms with Gasteiger partial charge in [-0.1, -0.05) is 22.9 Å². The van der Waals surface area contributed by atoms with Crippen molar-refractivity contribution in [1.29, 1.82) is 0 Å². The molecule has 2 N–H and O–H groups in total. The molecule has 0 saturated heterocycles. The molecule has 0 aliphatic carbocycles. The van der Waals surface area contributed by atoms with Gasteiger partial charge in [0.2, 0.25) is 0 Å². The average Bonchev–Trinajstić information content (AvgIpc) is 3.00. The third kappa shape index (κ3) is 2.63. The van der Waals surface area contributed by atoms with Crippen LogP contribution in [0.25, 0.3) is 16.9 Å². The van der Waals surface area contributed by atoms with E-state index >= 15 is 0 Å². The Balaban J connectivity index is 2.04. The lowest BCUT2D eigenvalue weighted by molar-refractivity contribution is 0.411. The van der Waals surface area contributed by atoms with Crippen molar-refractivity contribution in [3.63, 3.8) is 0 Å². The van der Waals surface area contributed by atoms with Crippen molar-refractivity contribution in [2.75, 3.05) is 12.8 Å². The number of hydrogen-bond acceptors (Lipinski definition) is 4. The summed E-state index contributed by atoms with van der Waals surface area (Å²) in [6, 6.07) is 11.1. The van der Waals surface area contributed by atoms with E-state index in [1.165, 1.54) is 0 Å². The zero-order valence-electron chi connectivity index (χ0n) is 12.2. The number of nitrogens with two attached hydrogens (primary N) is 1. The summed E-state index contributed by atoms with van der Waals surface area (Å²) in [6.45, 7) is 1.96. The van der Waals surface area contributed by atoms with Gasteiger partial charge in [-0.3, -0.25) is 0 Å². The number of halogens is 1. The van der Waals surface area contributed by atoms with E-state index in [2.05, 4.69) is 10.3 Å². The molecule has 3 aromatic rings. The quantitative estimate of drug-likeness (QED) is 0.752. The van der Waals surface area contributed by atoms with E-state index in [1.54, 1.807) is 30.0 Å². The van der Waals surface area contributed by atoms with E-state index in [1.807, 2.05) is 31.3 Å². The monoisotopic (exact) mass is 314 g/mol. The molecule has 5 nitrogen and oxygen atoms in total. The van der Waals surface area contributed by atoms with Crippen LogP contribution in [0.4, 0.5) is 5.69 Å². The van der Waals surface area contributed by atoms with Crippen LogP contribution in [0.2, 0.25) is 5.02 Å². The molecule has 0 aliphatic heterocycles. The van der Waals surface area contributed by atoms with E-state index in [9.17, 15) is 0 Å². The van der Waals surface area contributed by atoms with Crippen LogP contribution < -0.4 is 10.5 Å². The second-order valence-electron chi connectivity index (χ2n) is 4.94. The van der Waals surface area contributed by atoms with Gasteiger partial charge in [0.15, 0.2) is 0 Å². The van der Waals surface area contributed by atoms with Crippen LogP contribution in [0.3, 0.4) is 0 Å². The first-order valence-electron chi connectivity index (χ1n) is 6.71. The van der Waals surface area contributed by atoms with Gasteiger partial charge >= 0.3 is 0 Å². The molecule has 0 aliphatic rings. The van der Waals surface area contributed by atoms with Crippen LogP contribution in [-0.4, -0.2) is 22.1 Å². The second-order valence-corrected chi connectivity index (χ2v) is 5.35. The van der Waals surface area contributed by atoms with Gasteiger partial charge in [-0.25, -0.2) is 4.68 Å². The van der Waals surface area contributed by atoms with Gasteiger partial charge in [0, 0.05) is 16.3 Å². The van der Waals surface area contributed by atoms with Gasteiger partial charge in [-0.05, 0) is 42.8 Å². The highest BCUT2D eigenvalue weighted by molar-refractivity contribution is 6.31. The highest BCUT2D eigenvalue weighted by Gasteiger charge is 2.10. The average molecular weight is 315 g/mol. The van der Waals surface area contributed by atoms with Gasteiger partial charge in [0.05, 0.1) is 13.3 Å². The fraction of sp³-hybridized carbons (Fsp3) is 0.125. The largest absolute Gasteiger partial charge is 0.494 e. The van der Waals surface area contributed by atoms with Crippen molar-refractivity contribution in [1.82, 2.24) is 15.0 Å². The maximum atomic E-state index is 6.05. The summed E-state index contributed by atoms with van der Waals surface area (Å²) in [7, 11) is 1.61. The topological polar surface area (TPSA) is 66.0 Å². The Morgan fingerprint density at radius 2 is 2.00 bits per heavy atom. The minimum absolute atomic E-state index is 0.634. The third-order valence-corrected chi connectivity index (χ3v) is 3.82. The predicted octanol–water partition coefficient (Wildman–Crippen LogP) is 3.49. The van der Waals surface area contributed by atoms with Gasteiger partial charge in [0.1, 0.15) is 17.1 Å². The highest BCUT2D eigenvalue weighted by atomic mass is 35.5. The number of rotatable bonds is 3. The smallest absolute Gasteiger partial charge is 0.144 e. The SMILES string of the molecule is COc1ccc(N)cc1-n1cc(-c2ccc(Cl)c(C)c2)nn1. The summed E-state index contributed by atoms with van der Waals surface area (Å²) in [5.74, 6) is 0.679. The van der Waals surface area contributed by atoms with Crippen molar-refractivity contribution in [2.24, 2.45) is 0 Å². The fourth-order valence-electron chi connectivity index (χ4n) is 2.20. The number of benzene rings is 2. The minimum Gasteiger partial charge on any atom is -0.494 e. The van der Waals surface area contributed by atoms with Crippen LogP contribution in [-0.2, 0) is 0 Å². The van der Waals surface area contributed by atoms with Gasteiger partial charge in [0.25, 0.3) is 0 Å². The Bertz CT molecular complexity index is 829. The van der Waals surface area contributed by atoms with E-state index in [0.717, 1.165) is 27.5 Å². The lowest BCUT2D eigenvalue weighted by atomic mass is 10.1. The lowest BCUT2D eigenvalue weighted by Gasteiger charge is -2.08. The number of methoxy groups -OCH3 is 1. The number of hydrogen-bond donors (Lipinski definition) is 1. The molecule has 1 heterocycles. The van der Waals surface area contributed by atoms with Crippen LogP contribution in [0.1, 0.15) is 5.56 Å². The summed E-state index contributed by atoms with van der Waals surface area (Å²) in [6.07, 6.45) is 1.83. The first kappa shape index (κ1) is 14.4. The normalized spacial score (nSPS) is 10.7. The number of ether oxygens (including phenoxy) is 1. The van der Waals surface area contributed by atoms with E-state index in [0.29, 0.717) is 11.4 Å². The molecule has 22 heavy (non-hydrogen) atoms. The molecule has 1 aromatic heterocycles. The molecule has 0 saturated carbocycles. The standard InChI is InChI=1S/C16H15ClN4O/c1-10-7-11(3-5-13(10)17)14-9-21(20-19-14)15-8-12(18)4-6-16(15)22-2/h3-9H,18H2,1-2H3. The molecule has 112 valence electrons. The molecular weight excluding hydrogens is 300 g/mol. The molecule has 0 amide bonds. The second kappa shape index (κ2) is 5.69. The number of aryl methyl sites for hydroxylation is 1. The molecule has 2 aromatic carbocycles. The summed E-state index contributed by atoms with van der Waals surface area (Å²) >= 11 is 6.05. The molecule has 0 radical (unpaired) electrons. The van der Waals surface area contributed by atoms with Crippen molar-refractivity contribution >= 4 is 17.3 Å². The van der Waals surface area contributed by atoms with Crippen LogP contribution in [0, 0.1) is 6.92 Å². The predicted molar refractivity (Wildman–Crippen MR) is 87.5 cm³/mol. The van der Waals surface area contributed by atoms with Crippen LogP contribution in [0.15, 0.2) is 42.6 Å². The number of aromatic nitrogens is 3. The van der Waals surface area contributed by atoms with Crippen LogP contribution in [0.5, 0.6) is 5.75 Å². The van der Waals surface area contributed by atoms with E-state index in [4.69, 9.17) is 22.1 Å². The Labute approximate surface area is 133 Å². The molecule has 0 bridgehead atoms. The first-order valence-corrected chi connectivity index (χ1v) is 7.09. The zero-order valence-corrected chi connectivity index (χ0v) is 13.0. The van der Waals surface area contributed by atoms with Crippen molar-refractivity contribution in [3.05, 3.63) is 53.2 Å². The van der Waals surface area contributed by atoms with Crippen molar-refractivity contribution in [3.8, 4) is 22.7 Å². The zero-order chi connectivity index (χ0) is 15.7. The van der Waals surface area contributed by atoms with Gasteiger partial charge in [-0.2, -0.15) is 0 Å². The molecule has 0 atom stereocenters. The summed E-state index contributed by atoms with van der Waals surface area (Å²) in [4.78, 5) is 0. The van der Waals surface area contributed by atoms with Crippen LogP contribution >= 0.6 is 11.6 Å². The summed E-state index contributed by atoms with van der Waals surface area (Å²) in [5, 5.41) is 9.11. The highest BCUT2D eigenvalue weighted by Crippen LogP contribution is 2.27. The molecule has 6 heteroatoms. The molecule has 3 rings (SSSR count). The van der Waals surface area contributed by atoms with E-state index in [-0.39, 0.29) is 0 Å². The Hall–Kier alpha value is -2.53. The van der Waals surface area contributed by atoms with Crippen molar-refractivity contribution in [2.45, 2.75) is 6.92 Å². The summed E-state index contributed by atoms with van der Waals surface area (Å²) < 4.78 is 6.99. The van der Waals surface area contributed by atoms with Gasteiger partial charge in [-0.15, -0.1) is 5.10 Å². The summed E-state index contributed by atoms with van der Waals surface area (Å²) in [5.41, 5.74) is 9.92. The Morgan fingerprint density at radius 3 is 2.73 bits per heavy atom. The number of nitrogens with zero attached hydrogens (tertiary/aromatic N) is 3. The van der Waals surface area contributed by atoms with Crippen molar-refractivity contribution < 1.29 is 4.74 Å². The van der Waals surface area contributed by atoms with E-state index < -0.39 is 0 Å². The molecule has 0 fully saturated rings. The third-order valence-electron chi connectivity index (χ3n) is 3.40. The Kier molecular flexibility index (Phi) is 3.73. The maximum absolute atomic E-state index is 6.05. The first-order chi connectivity index (χ1) is 10.6. The van der Waals surface area contributed by atoms with Gasteiger partial charge < -0.3 is 10.5 Å². The number of anilines is 1. The molecule has 0 unspecified atom stereocenters. The molecule has 0 spiro atoms. The lowest BCUT2D eigenvalue weighted by Crippen LogP contribution is -2.00. The maximum Gasteiger partial charge on any atom is 0.144 e.